The van der Waals surface area contributed by atoms with Gasteiger partial charge in [0.25, 0.3) is 0 Å². The van der Waals surface area contributed by atoms with Crippen LogP contribution in [-0.4, -0.2) is 44.9 Å². The molecule has 0 spiro atoms. The van der Waals surface area contributed by atoms with Crippen molar-refractivity contribution in [2.75, 3.05) is 18.8 Å². The molecule has 0 radical (unpaired) electrons. The van der Waals surface area contributed by atoms with E-state index in [1.807, 2.05) is 0 Å². The van der Waals surface area contributed by atoms with Gasteiger partial charge in [-0.2, -0.15) is 4.37 Å². The van der Waals surface area contributed by atoms with Crippen molar-refractivity contribution in [1.29, 1.82) is 0 Å². The van der Waals surface area contributed by atoms with Crippen LogP contribution in [-0.2, 0) is 9.59 Å². The maximum atomic E-state index is 12.0. The fourth-order valence-electron chi connectivity index (χ4n) is 1.95. The lowest BCUT2D eigenvalue weighted by atomic mass is 9.96. The summed E-state index contributed by atoms with van der Waals surface area (Å²) in [5.41, 5.74) is 2.16. The average Bonchev–Trinajstić information content (AvgIpc) is 2.97. The fourth-order valence-corrected chi connectivity index (χ4v) is 3.30. The number of amides is 2. The lowest BCUT2D eigenvalue weighted by molar-refractivity contribution is -0.133. The van der Waals surface area contributed by atoms with Crippen LogP contribution in [0.1, 0.15) is 12.8 Å². The molecule has 0 aliphatic carbocycles. The number of nitrogens with one attached hydrogen (secondary N) is 1. The molecule has 0 bridgehead atoms. The highest BCUT2D eigenvalue weighted by Gasteiger charge is 2.26. The van der Waals surface area contributed by atoms with Crippen molar-refractivity contribution in [3.05, 3.63) is 6.33 Å². The summed E-state index contributed by atoms with van der Waals surface area (Å²) >= 11 is 2.68. The highest BCUT2D eigenvalue weighted by Crippen LogP contribution is 2.21. The van der Waals surface area contributed by atoms with Gasteiger partial charge in [-0.3, -0.25) is 15.0 Å². The van der Waals surface area contributed by atoms with Crippen LogP contribution in [0.2, 0.25) is 0 Å². The molecule has 2 amide bonds. The molecular formula is C10H15N5O2S2. The molecule has 0 aromatic carbocycles. The van der Waals surface area contributed by atoms with Gasteiger partial charge in [0.2, 0.25) is 11.8 Å². The summed E-state index contributed by atoms with van der Waals surface area (Å²) in [5, 5.41) is 0. The summed E-state index contributed by atoms with van der Waals surface area (Å²) in [6.07, 6.45) is 2.81. The molecule has 1 fully saturated rings. The minimum atomic E-state index is -0.143. The second-order valence-electron chi connectivity index (χ2n) is 4.16. The Kier molecular flexibility index (Phi) is 5.11. The van der Waals surface area contributed by atoms with Crippen LogP contribution in [0.25, 0.3) is 0 Å². The van der Waals surface area contributed by atoms with Crippen LogP contribution >= 0.6 is 23.3 Å². The van der Waals surface area contributed by atoms with Crippen molar-refractivity contribution >= 4 is 35.1 Å². The lowest BCUT2D eigenvalue weighted by Crippen LogP contribution is -2.45. The monoisotopic (exact) mass is 301 g/mol. The Bertz CT molecular complexity index is 431. The zero-order valence-electron chi connectivity index (χ0n) is 10.2. The van der Waals surface area contributed by atoms with Crippen molar-refractivity contribution in [3.8, 4) is 0 Å². The summed E-state index contributed by atoms with van der Waals surface area (Å²) in [6, 6.07) is 0. The Morgan fingerprint density at radius 1 is 1.53 bits per heavy atom. The Balaban J connectivity index is 1.74. The van der Waals surface area contributed by atoms with E-state index in [1.165, 1.54) is 29.6 Å². The van der Waals surface area contributed by atoms with Gasteiger partial charge in [-0.1, -0.05) is 11.8 Å². The van der Waals surface area contributed by atoms with Crippen molar-refractivity contribution in [3.63, 3.8) is 0 Å². The van der Waals surface area contributed by atoms with E-state index in [4.69, 9.17) is 5.84 Å². The molecule has 0 saturated carbocycles. The maximum absolute atomic E-state index is 12.0. The number of nitrogens with two attached hydrogens (primary N) is 1. The number of carbonyl (C=O) groups excluding carboxylic acids is 2. The molecule has 1 aliphatic rings. The molecular weight excluding hydrogens is 286 g/mol. The van der Waals surface area contributed by atoms with Gasteiger partial charge in [0.15, 0.2) is 4.34 Å². The number of carbonyl (C=O) groups is 2. The zero-order chi connectivity index (χ0) is 13.7. The molecule has 1 aliphatic heterocycles. The highest BCUT2D eigenvalue weighted by molar-refractivity contribution is 8.01. The van der Waals surface area contributed by atoms with E-state index >= 15 is 0 Å². The smallest absolute Gasteiger partial charge is 0.237 e. The van der Waals surface area contributed by atoms with Crippen LogP contribution < -0.4 is 11.3 Å². The number of likely N-dealkylation sites (tertiary alicyclic amines) is 1. The van der Waals surface area contributed by atoms with Crippen LogP contribution in [0.15, 0.2) is 10.7 Å². The standard InChI is InChI=1S/C10H15N5O2S2/c11-14-9(17)7-1-3-15(4-2-7)8(16)5-18-10-12-6-13-19-10/h6-7H,1-5,11H2,(H,14,17). The molecule has 0 unspecified atom stereocenters. The van der Waals surface area contributed by atoms with E-state index in [2.05, 4.69) is 14.8 Å². The molecule has 3 N–H and O–H groups in total. The Morgan fingerprint density at radius 2 is 2.26 bits per heavy atom. The van der Waals surface area contributed by atoms with Gasteiger partial charge in [-0.15, -0.1) is 0 Å². The van der Waals surface area contributed by atoms with E-state index < -0.39 is 0 Å². The third kappa shape index (κ3) is 3.88. The largest absolute Gasteiger partial charge is 0.342 e. The van der Waals surface area contributed by atoms with Crippen LogP contribution in [0, 0.1) is 5.92 Å². The summed E-state index contributed by atoms with van der Waals surface area (Å²) in [4.78, 5) is 29.1. The number of piperidine rings is 1. The van der Waals surface area contributed by atoms with Gasteiger partial charge in [-0.25, -0.2) is 10.8 Å². The summed E-state index contributed by atoms with van der Waals surface area (Å²) in [6.45, 7) is 1.21. The number of nitrogens with zero attached hydrogens (tertiary/aromatic N) is 3. The van der Waals surface area contributed by atoms with E-state index in [0.29, 0.717) is 31.7 Å². The number of thioether (sulfide) groups is 1. The van der Waals surface area contributed by atoms with Gasteiger partial charge in [0, 0.05) is 19.0 Å². The van der Waals surface area contributed by atoms with Gasteiger partial charge in [-0.05, 0) is 24.4 Å². The molecule has 104 valence electrons. The molecule has 1 aromatic heterocycles. The topological polar surface area (TPSA) is 101 Å². The zero-order valence-corrected chi connectivity index (χ0v) is 11.9. The first-order valence-electron chi connectivity index (χ1n) is 5.88. The lowest BCUT2D eigenvalue weighted by Gasteiger charge is -2.30. The van der Waals surface area contributed by atoms with Gasteiger partial charge in [0.05, 0.1) is 5.75 Å². The summed E-state index contributed by atoms with van der Waals surface area (Å²) < 4.78 is 4.68. The number of aromatic nitrogens is 2. The SMILES string of the molecule is NNC(=O)C1CCN(C(=O)CSc2ncns2)CC1. The quantitative estimate of drug-likeness (QED) is 0.347. The molecule has 7 nitrogen and oxygen atoms in total. The molecule has 1 saturated heterocycles. The predicted molar refractivity (Wildman–Crippen MR) is 72.3 cm³/mol. The van der Waals surface area contributed by atoms with Crippen molar-refractivity contribution in [1.82, 2.24) is 19.7 Å². The van der Waals surface area contributed by atoms with E-state index in [-0.39, 0.29) is 17.7 Å². The molecule has 9 heteroatoms. The Morgan fingerprint density at radius 3 is 2.84 bits per heavy atom. The van der Waals surface area contributed by atoms with Gasteiger partial charge in [0.1, 0.15) is 6.33 Å². The highest BCUT2D eigenvalue weighted by atomic mass is 32.2. The third-order valence-corrected chi connectivity index (χ3v) is 4.80. The summed E-state index contributed by atoms with van der Waals surface area (Å²) in [7, 11) is 0. The first-order chi connectivity index (χ1) is 9.20. The van der Waals surface area contributed by atoms with Crippen LogP contribution in [0.4, 0.5) is 0 Å². The molecule has 2 rings (SSSR count). The second kappa shape index (κ2) is 6.83. The van der Waals surface area contributed by atoms with Crippen molar-refractivity contribution in [2.24, 2.45) is 11.8 Å². The second-order valence-corrected chi connectivity index (χ2v) is 6.16. The molecule has 0 atom stereocenters. The fraction of sp³-hybridized carbons (Fsp3) is 0.600. The molecule has 1 aromatic rings. The van der Waals surface area contributed by atoms with Crippen molar-refractivity contribution < 1.29 is 9.59 Å². The number of hydrogen-bond donors (Lipinski definition) is 2. The Hall–Kier alpha value is -1.19. The number of rotatable bonds is 4. The third-order valence-electron chi connectivity index (χ3n) is 3.02. The molecule has 2 heterocycles. The van der Waals surface area contributed by atoms with E-state index in [0.717, 1.165) is 4.34 Å². The molecule has 19 heavy (non-hydrogen) atoms. The predicted octanol–water partition coefficient (Wildman–Crippen LogP) is -0.141. The number of hydrogen-bond acceptors (Lipinski definition) is 7. The van der Waals surface area contributed by atoms with Gasteiger partial charge >= 0.3 is 0 Å². The normalized spacial score (nSPS) is 16.4. The first kappa shape index (κ1) is 14.2. The van der Waals surface area contributed by atoms with E-state index in [9.17, 15) is 9.59 Å². The minimum absolute atomic E-state index is 0.0757. The number of hydrazine groups is 1. The summed E-state index contributed by atoms with van der Waals surface area (Å²) in [5.74, 6) is 5.32. The average molecular weight is 301 g/mol. The Labute approximate surface area is 119 Å². The van der Waals surface area contributed by atoms with Crippen LogP contribution in [0.5, 0.6) is 0 Å². The van der Waals surface area contributed by atoms with Crippen LogP contribution in [0.3, 0.4) is 0 Å². The maximum Gasteiger partial charge on any atom is 0.237 e. The first-order valence-corrected chi connectivity index (χ1v) is 7.64. The minimum Gasteiger partial charge on any atom is -0.342 e. The van der Waals surface area contributed by atoms with Gasteiger partial charge < -0.3 is 4.90 Å². The van der Waals surface area contributed by atoms with E-state index in [1.54, 1.807) is 4.90 Å². The van der Waals surface area contributed by atoms with Crippen molar-refractivity contribution in [2.45, 2.75) is 17.2 Å².